The van der Waals surface area contributed by atoms with Gasteiger partial charge in [0.2, 0.25) is 0 Å². The molecule has 80 valence electrons. The molecule has 0 unspecified atom stereocenters. The van der Waals surface area contributed by atoms with Gasteiger partial charge in [0.1, 0.15) is 0 Å². The summed E-state index contributed by atoms with van der Waals surface area (Å²) in [4.78, 5) is 31.6. The number of carboxylic acids is 3. The molecule has 0 bridgehead atoms. The van der Waals surface area contributed by atoms with Crippen molar-refractivity contribution >= 4 is 30.5 Å². The lowest BCUT2D eigenvalue weighted by Crippen LogP contribution is -2.43. The number of rotatable bonds is 6. The number of thiol groups is 1. The van der Waals surface area contributed by atoms with Crippen LogP contribution in [0.15, 0.2) is 0 Å². The van der Waals surface area contributed by atoms with Gasteiger partial charge in [-0.25, -0.2) is 4.79 Å². The summed E-state index contributed by atoms with van der Waals surface area (Å²) < 4.78 is 0. The topological polar surface area (TPSA) is 115 Å². The third-order valence-corrected chi connectivity index (χ3v) is 1.79. The molecule has 0 aromatic carbocycles. The molecule has 0 saturated heterocycles. The van der Waals surface area contributed by atoms with E-state index in [1.54, 1.807) is 0 Å². The van der Waals surface area contributed by atoms with Gasteiger partial charge in [-0.3, -0.25) is 14.5 Å². The first-order chi connectivity index (χ1) is 6.34. The Kier molecular flexibility index (Phi) is 4.95. The van der Waals surface area contributed by atoms with Crippen LogP contribution < -0.4 is 0 Å². The summed E-state index contributed by atoms with van der Waals surface area (Å²) in [7, 11) is 0. The van der Waals surface area contributed by atoms with E-state index in [1.165, 1.54) is 0 Å². The van der Waals surface area contributed by atoms with E-state index in [9.17, 15) is 14.4 Å². The van der Waals surface area contributed by atoms with E-state index in [4.69, 9.17) is 15.3 Å². The maximum absolute atomic E-state index is 10.4. The van der Waals surface area contributed by atoms with Gasteiger partial charge >= 0.3 is 17.9 Å². The van der Waals surface area contributed by atoms with Crippen molar-refractivity contribution in [2.75, 3.05) is 13.1 Å². The second kappa shape index (κ2) is 5.45. The van der Waals surface area contributed by atoms with Crippen LogP contribution in [0.4, 0.5) is 0 Å². The van der Waals surface area contributed by atoms with Gasteiger partial charge in [0.05, 0.1) is 13.1 Å². The monoisotopic (exact) mass is 223 g/mol. The largest absolute Gasteiger partial charge is 0.480 e. The van der Waals surface area contributed by atoms with Crippen LogP contribution in [0.25, 0.3) is 0 Å². The third-order valence-electron chi connectivity index (χ3n) is 1.24. The molecule has 0 aliphatic heterocycles. The molecule has 0 rings (SSSR count). The molecule has 0 saturated carbocycles. The molecule has 14 heavy (non-hydrogen) atoms. The number of hydrogen-bond donors (Lipinski definition) is 4. The summed E-state index contributed by atoms with van der Waals surface area (Å²) in [6, 6.07) is 0. The van der Waals surface area contributed by atoms with Gasteiger partial charge in [-0.1, -0.05) is 0 Å². The smallest absolute Gasteiger partial charge is 0.331 e. The van der Waals surface area contributed by atoms with Crippen molar-refractivity contribution in [2.45, 2.75) is 5.37 Å². The van der Waals surface area contributed by atoms with Crippen LogP contribution in [0.1, 0.15) is 0 Å². The Bertz CT molecular complexity index is 239. The highest BCUT2D eigenvalue weighted by molar-refractivity contribution is 7.81. The fourth-order valence-electron chi connectivity index (χ4n) is 0.732. The quantitative estimate of drug-likeness (QED) is 0.330. The van der Waals surface area contributed by atoms with E-state index in [2.05, 4.69) is 12.6 Å². The second-order valence-corrected chi connectivity index (χ2v) is 2.89. The minimum atomic E-state index is -1.44. The first kappa shape index (κ1) is 12.7. The van der Waals surface area contributed by atoms with E-state index in [1.807, 2.05) is 0 Å². The Labute approximate surface area is 84.3 Å². The first-order valence-electron chi connectivity index (χ1n) is 3.43. The zero-order chi connectivity index (χ0) is 11.3. The van der Waals surface area contributed by atoms with Crippen molar-refractivity contribution in [1.82, 2.24) is 4.90 Å². The Balaban J connectivity index is 4.45. The minimum absolute atomic E-state index is 0.688. The molecule has 0 spiro atoms. The molecule has 1 atom stereocenters. The first-order valence-corrected chi connectivity index (χ1v) is 3.94. The van der Waals surface area contributed by atoms with Gasteiger partial charge < -0.3 is 15.3 Å². The number of aliphatic carboxylic acids is 3. The molecule has 0 aromatic rings. The van der Waals surface area contributed by atoms with Gasteiger partial charge in [-0.2, -0.15) is 0 Å². The van der Waals surface area contributed by atoms with Crippen LogP contribution in [0, 0.1) is 0 Å². The van der Waals surface area contributed by atoms with Crippen LogP contribution in [0.3, 0.4) is 0 Å². The molecule has 0 heterocycles. The predicted molar refractivity (Wildman–Crippen MR) is 47.3 cm³/mol. The zero-order valence-corrected chi connectivity index (χ0v) is 7.85. The van der Waals surface area contributed by atoms with E-state index in [0.717, 1.165) is 0 Å². The maximum atomic E-state index is 10.4. The van der Waals surface area contributed by atoms with Crippen molar-refractivity contribution in [2.24, 2.45) is 0 Å². The Morgan fingerprint density at radius 2 is 1.43 bits per heavy atom. The lowest BCUT2D eigenvalue weighted by Gasteiger charge is -2.20. The van der Waals surface area contributed by atoms with Crippen LogP contribution >= 0.6 is 12.6 Å². The summed E-state index contributed by atoms with van der Waals surface area (Å²) in [5, 5.41) is 23.8. The molecule has 3 N–H and O–H groups in total. The number of carboxylic acid groups (broad SMARTS) is 3. The summed E-state index contributed by atoms with van der Waals surface area (Å²) in [6.07, 6.45) is 0. The number of nitrogens with zero attached hydrogens (tertiary/aromatic N) is 1. The lowest BCUT2D eigenvalue weighted by molar-refractivity contribution is -0.145. The van der Waals surface area contributed by atoms with E-state index >= 15 is 0 Å². The zero-order valence-electron chi connectivity index (χ0n) is 6.95. The predicted octanol–water partition coefficient (Wildman–Crippen LogP) is -1.20. The molecule has 0 aliphatic carbocycles. The fourth-order valence-corrected chi connectivity index (χ4v) is 0.896. The highest BCUT2D eigenvalue weighted by Gasteiger charge is 2.25. The number of carbonyl (C=O) groups is 3. The summed E-state index contributed by atoms with van der Waals surface area (Å²) in [6.45, 7) is -1.38. The molecular formula is C6H9NO6S. The van der Waals surface area contributed by atoms with E-state index in [-0.39, 0.29) is 0 Å². The van der Waals surface area contributed by atoms with Crippen molar-refractivity contribution in [1.29, 1.82) is 0 Å². The summed E-state index contributed by atoms with van der Waals surface area (Å²) >= 11 is 3.57. The molecule has 0 fully saturated rings. The van der Waals surface area contributed by atoms with Crippen LogP contribution in [-0.4, -0.2) is 56.6 Å². The highest BCUT2D eigenvalue weighted by Crippen LogP contribution is 2.03. The summed E-state index contributed by atoms with van der Waals surface area (Å²) in [5.41, 5.74) is 0. The van der Waals surface area contributed by atoms with Gasteiger partial charge in [-0.15, -0.1) is 12.6 Å². The average molecular weight is 223 g/mol. The molecular weight excluding hydrogens is 214 g/mol. The molecule has 0 radical (unpaired) electrons. The molecule has 0 amide bonds. The van der Waals surface area contributed by atoms with Gasteiger partial charge in [-0.05, 0) is 0 Å². The van der Waals surface area contributed by atoms with Crippen molar-refractivity contribution in [3.8, 4) is 0 Å². The van der Waals surface area contributed by atoms with Crippen molar-refractivity contribution in [3.05, 3.63) is 0 Å². The molecule has 0 aromatic heterocycles. The molecule has 7 nitrogen and oxygen atoms in total. The normalized spacial score (nSPS) is 12.4. The molecule has 8 heteroatoms. The van der Waals surface area contributed by atoms with Crippen LogP contribution in [-0.2, 0) is 14.4 Å². The second-order valence-electron chi connectivity index (χ2n) is 2.40. The Hall–Kier alpha value is -1.28. The summed E-state index contributed by atoms with van der Waals surface area (Å²) in [5.74, 6) is -4.02. The van der Waals surface area contributed by atoms with E-state index in [0.29, 0.717) is 4.90 Å². The standard InChI is InChI=1S/C6H9NO6S/c8-3(9)1-7(2-4(10)11)5(14)6(12)13/h5,14H,1-2H2,(H,8,9)(H,10,11)(H,12,13)/t5-/m0/s1. The SMILES string of the molecule is O=C(O)CN(CC(=O)O)[C@@H](S)C(=O)O. The number of hydrogen-bond acceptors (Lipinski definition) is 5. The van der Waals surface area contributed by atoms with Gasteiger partial charge in [0, 0.05) is 0 Å². The highest BCUT2D eigenvalue weighted by atomic mass is 32.1. The lowest BCUT2D eigenvalue weighted by atomic mass is 10.4. The maximum Gasteiger partial charge on any atom is 0.331 e. The third kappa shape index (κ3) is 4.67. The minimum Gasteiger partial charge on any atom is -0.480 e. The van der Waals surface area contributed by atoms with Crippen molar-refractivity contribution in [3.63, 3.8) is 0 Å². The van der Waals surface area contributed by atoms with Crippen LogP contribution in [0.2, 0.25) is 0 Å². The van der Waals surface area contributed by atoms with Crippen molar-refractivity contribution < 1.29 is 29.7 Å². The van der Waals surface area contributed by atoms with Crippen LogP contribution in [0.5, 0.6) is 0 Å². The van der Waals surface area contributed by atoms with Gasteiger partial charge in [0.15, 0.2) is 5.37 Å². The Morgan fingerprint density at radius 1 is 1.07 bits per heavy atom. The Morgan fingerprint density at radius 3 is 1.64 bits per heavy atom. The fraction of sp³-hybridized carbons (Fsp3) is 0.500. The van der Waals surface area contributed by atoms with E-state index < -0.39 is 36.4 Å². The van der Waals surface area contributed by atoms with Gasteiger partial charge in [0.25, 0.3) is 0 Å². The average Bonchev–Trinajstić information content (AvgIpc) is 1.99. The molecule has 0 aliphatic rings.